The third-order valence-corrected chi connectivity index (χ3v) is 5.17. The van der Waals surface area contributed by atoms with Crippen LogP contribution in [0.5, 0.6) is 17.2 Å². The smallest absolute Gasteiger partial charge is 0.253 e. The lowest BCUT2D eigenvalue weighted by molar-refractivity contribution is -0.123. The molecule has 7 heteroatoms. The van der Waals surface area contributed by atoms with Gasteiger partial charge in [0.1, 0.15) is 23.9 Å². The van der Waals surface area contributed by atoms with Gasteiger partial charge in [0.05, 0.1) is 14.2 Å². The van der Waals surface area contributed by atoms with Crippen molar-refractivity contribution in [1.82, 2.24) is 4.90 Å². The van der Waals surface area contributed by atoms with Gasteiger partial charge in [-0.3, -0.25) is 9.59 Å². The summed E-state index contributed by atoms with van der Waals surface area (Å²) in [6.45, 7) is 1.31. The summed E-state index contributed by atoms with van der Waals surface area (Å²) < 4.78 is 16.4. The van der Waals surface area contributed by atoms with E-state index in [0.717, 1.165) is 11.3 Å². The first-order valence-corrected chi connectivity index (χ1v) is 9.54. The van der Waals surface area contributed by atoms with E-state index in [1.807, 2.05) is 24.3 Å². The van der Waals surface area contributed by atoms with Gasteiger partial charge in [0.25, 0.3) is 5.91 Å². The molecule has 0 bridgehead atoms. The second kappa shape index (κ2) is 9.32. The standard InChI is InChI=1S/C22H26N2O5/c1-27-18-4-6-19(7-5-18)29-14-17-13-16(3-8-20(17)28-2)22(26)24-11-9-15(10-12-24)21(23)25/h3-8,13,15H,9-12,14H2,1-2H3,(H2,23,25). The van der Waals surface area contributed by atoms with Crippen LogP contribution in [0.15, 0.2) is 42.5 Å². The summed E-state index contributed by atoms with van der Waals surface area (Å²) in [6.07, 6.45) is 1.20. The minimum absolute atomic E-state index is 0.0683. The van der Waals surface area contributed by atoms with Crippen LogP contribution in [0.25, 0.3) is 0 Å². The molecule has 2 aromatic carbocycles. The lowest BCUT2D eigenvalue weighted by Crippen LogP contribution is -2.41. The van der Waals surface area contributed by atoms with E-state index in [2.05, 4.69) is 0 Å². The minimum Gasteiger partial charge on any atom is -0.497 e. The van der Waals surface area contributed by atoms with Gasteiger partial charge in [-0.25, -0.2) is 0 Å². The normalized spacial score (nSPS) is 14.3. The Morgan fingerprint density at radius 3 is 2.24 bits per heavy atom. The number of nitrogens with two attached hydrogens (primary N) is 1. The van der Waals surface area contributed by atoms with Crippen LogP contribution in [0.3, 0.4) is 0 Å². The number of piperidine rings is 1. The summed E-state index contributed by atoms with van der Waals surface area (Å²) in [5, 5.41) is 0. The Bertz CT molecular complexity index is 858. The van der Waals surface area contributed by atoms with Crippen molar-refractivity contribution >= 4 is 11.8 Å². The largest absolute Gasteiger partial charge is 0.497 e. The van der Waals surface area contributed by atoms with Gasteiger partial charge in [-0.1, -0.05) is 0 Å². The first-order chi connectivity index (χ1) is 14.0. The van der Waals surface area contributed by atoms with Crippen molar-refractivity contribution in [3.8, 4) is 17.2 Å². The number of likely N-dealkylation sites (tertiary alicyclic amines) is 1. The van der Waals surface area contributed by atoms with Crippen LogP contribution in [-0.4, -0.2) is 44.0 Å². The molecule has 7 nitrogen and oxygen atoms in total. The molecule has 0 aromatic heterocycles. The number of carbonyl (C=O) groups is 2. The van der Waals surface area contributed by atoms with Crippen LogP contribution in [-0.2, 0) is 11.4 Å². The minimum atomic E-state index is -0.292. The van der Waals surface area contributed by atoms with E-state index < -0.39 is 0 Å². The van der Waals surface area contributed by atoms with E-state index in [9.17, 15) is 9.59 Å². The van der Waals surface area contributed by atoms with Crippen LogP contribution in [0, 0.1) is 5.92 Å². The van der Waals surface area contributed by atoms with E-state index in [4.69, 9.17) is 19.9 Å². The van der Waals surface area contributed by atoms with Gasteiger partial charge < -0.3 is 24.8 Å². The highest BCUT2D eigenvalue weighted by molar-refractivity contribution is 5.94. The Hall–Kier alpha value is -3.22. The molecule has 1 fully saturated rings. The summed E-state index contributed by atoms with van der Waals surface area (Å²) in [6, 6.07) is 12.6. The van der Waals surface area contributed by atoms with E-state index >= 15 is 0 Å². The number of primary amides is 1. The van der Waals surface area contributed by atoms with Crippen molar-refractivity contribution < 1.29 is 23.8 Å². The predicted molar refractivity (Wildman–Crippen MR) is 108 cm³/mol. The molecule has 0 unspecified atom stereocenters. The van der Waals surface area contributed by atoms with Crippen LogP contribution < -0.4 is 19.9 Å². The number of benzene rings is 2. The van der Waals surface area contributed by atoms with Gasteiger partial charge in [0.15, 0.2) is 0 Å². The summed E-state index contributed by atoms with van der Waals surface area (Å²) in [5.41, 5.74) is 6.72. The summed E-state index contributed by atoms with van der Waals surface area (Å²) in [4.78, 5) is 26.0. The molecule has 0 spiro atoms. The third-order valence-electron chi connectivity index (χ3n) is 5.17. The average Bonchev–Trinajstić information content (AvgIpc) is 2.77. The number of nitrogens with zero attached hydrogens (tertiary/aromatic N) is 1. The quantitative estimate of drug-likeness (QED) is 0.774. The Labute approximate surface area is 170 Å². The molecular formula is C22H26N2O5. The molecule has 29 heavy (non-hydrogen) atoms. The summed E-state index contributed by atoms with van der Waals surface area (Å²) in [5.74, 6) is 1.59. The Balaban J connectivity index is 1.69. The Morgan fingerprint density at radius 2 is 1.66 bits per heavy atom. The number of rotatable bonds is 7. The average molecular weight is 398 g/mol. The highest BCUT2D eigenvalue weighted by atomic mass is 16.5. The van der Waals surface area contributed by atoms with Gasteiger partial charge in [0, 0.05) is 30.1 Å². The van der Waals surface area contributed by atoms with Crippen LogP contribution in [0.1, 0.15) is 28.8 Å². The summed E-state index contributed by atoms with van der Waals surface area (Å²) in [7, 11) is 3.20. The SMILES string of the molecule is COc1ccc(OCc2cc(C(=O)N3CCC(C(N)=O)CC3)ccc2OC)cc1. The van der Waals surface area contributed by atoms with Gasteiger partial charge in [-0.2, -0.15) is 0 Å². The summed E-state index contributed by atoms with van der Waals surface area (Å²) >= 11 is 0. The van der Waals surface area contributed by atoms with Crippen LogP contribution in [0.2, 0.25) is 0 Å². The molecule has 0 aliphatic carbocycles. The molecule has 2 N–H and O–H groups in total. The zero-order chi connectivity index (χ0) is 20.8. The number of methoxy groups -OCH3 is 2. The zero-order valence-electron chi connectivity index (χ0n) is 16.7. The van der Waals surface area contributed by atoms with Crippen LogP contribution >= 0.6 is 0 Å². The molecule has 1 saturated heterocycles. The Morgan fingerprint density at radius 1 is 1.00 bits per heavy atom. The molecule has 0 saturated carbocycles. The number of carbonyl (C=O) groups excluding carboxylic acids is 2. The van der Waals surface area contributed by atoms with Crippen molar-refractivity contribution in [2.45, 2.75) is 19.4 Å². The van der Waals surface area contributed by atoms with Crippen molar-refractivity contribution in [3.05, 3.63) is 53.6 Å². The van der Waals surface area contributed by atoms with E-state index in [0.29, 0.717) is 43.0 Å². The van der Waals surface area contributed by atoms with Crippen molar-refractivity contribution in [3.63, 3.8) is 0 Å². The molecule has 0 radical (unpaired) electrons. The fourth-order valence-corrected chi connectivity index (χ4v) is 3.41. The highest BCUT2D eigenvalue weighted by Gasteiger charge is 2.26. The maximum absolute atomic E-state index is 12.9. The second-order valence-corrected chi connectivity index (χ2v) is 6.96. The molecule has 2 amide bonds. The topological polar surface area (TPSA) is 91.1 Å². The molecule has 1 aliphatic heterocycles. The van der Waals surface area contributed by atoms with E-state index in [1.54, 1.807) is 37.3 Å². The third kappa shape index (κ3) is 4.99. The lowest BCUT2D eigenvalue weighted by atomic mass is 9.95. The van der Waals surface area contributed by atoms with Crippen molar-refractivity contribution in [2.75, 3.05) is 27.3 Å². The van der Waals surface area contributed by atoms with Gasteiger partial charge >= 0.3 is 0 Å². The van der Waals surface area contributed by atoms with Gasteiger partial charge in [0.2, 0.25) is 5.91 Å². The number of ether oxygens (including phenoxy) is 3. The molecule has 1 aliphatic rings. The number of amides is 2. The fraction of sp³-hybridized carbons (Fsp3) is 0.364. The van der Waals surface area contributed by atoms with E-state index in [1.165, 1.54) is 0 Å². The van der Waals surface area contributed by atoms with Crippen molar-refractivity contribution in [1.29, 1.82) is 0 Å². The number of hydrogen-bond acceptors (Lipinski definition) is 5. The zero-order valence-corrected chi connectivity index (χ0v) is 16.7. The maximum atomic E-state index is 12.9. The lowest BCUT2D eigenvalue weighted by Gasteiger charge is -2.30. The molecule has 154 valence electrons. The maximum Gasteiger partial charge on any atom is 0.253 e. The van der Waals surface area contributed by atoms with Gasteiger partial charge in [-0.05, 0) is 55.3 Å². The highest BCUT2D eigenvalue weighted by Crippen LogP contribution is 2.25. The second-order valence-electron chi connectivity index (χ2n) is 6.96. The molecule has 2 aromatic rings. The Kier molecular flexibility index (Phi) is 6.59. The first-order valence-electron chi connectivity index (χ1n) is 9.54. The van der Waals surface area contributed by atoms with Crippen molar-refractivity contribution in [2.24, 2.45) is 11.7 Å². The van der Waals surface area contributed by atoms with Gasteiger partial charge in [-0.15, -0.1) is 0 Å². The predicted octanol–water partition coefficient (Wildman–Crippen LogP) is 2.62. The molecular weight excluding hydrogens is 372 g/mol. The monoisotopic (exact) mass is 398 g/mol. The molecule has 3 rings (SSSR count). The molecule has 0 atom stereocenters. The molecule has 1 heterocycles. The van der Waals surface area contributed by atoms with Crippen LogP contribution in [0.4, 0.5) is 0 Å². The fourth-order valence-electron chi connectivity index (χ4n) is 3.41. The first kappa shape index (κ1) is 20.5. The van der Waals surface area contributed by atoms with E-state index in [-0.39, 0.29) is 24.3 Å². The number of hydrogen-bond donors (Lipinski definition) is 1.